The predicted molar refractivity (Wildman–Crippen MR) is 111 cm³/mol. The van der Waals surface area contributed by atoms with Crippen LogP contribution in [0.1, 0.15) is 24.6 Å². The molecule has 1 aromatic heterocycles. The third kappa shape index (κ3) is 3.73. The van der Waals surface area contributed by atoms with Crippen molar-refractivity contribution in [3.8, 4) is 22.7 Å². The van der Waals surface area contributed by atoms with Gasteiger partial charge in [0.25, 0.3) is 0 Å². The zero-order chi connectivity index (χ0) is 20.5. The van der Waals surface area contributed by atoms with E-state index in [1.165, 1.54) is 6.92 Å². The summed E-state index contributed by atoms with van der Waals surface area (Å²) in [6.45, 7) is 1.37. The van der Waals surface area contributed by atoms with Gasteiger partial charge in [0.05, 0.1) is 30.2 Å². The molecule has 0 fully saturated rings. The molecular formula is C22H22ClN3O3. The smallest absolute Gasteiger partial charge is 0.243 e. The first-order valence-corrected chi connectivity index (χ1v) is 9.85. The standard InChI is InChI=1S/C22H22ClN3O3/c1-14(27)26(28)18-9-12-20-21(13-18)25(17-7-10-19(29-2)11-8-17)24-22(20)15-3-5-16(23)6-4-15/h3-8,10-11,18,28H,9,12-13H2,1-2H3. The van der Waals surface area contributed by atoms with Gasteiger partial charge in [0, 0.05) is 29.5 Å². The van der Waals surface area contributed by atoms with Gasteiger partial charge in [-0.15, -0.1) is 0 Å². The van der Waals surface area contributed by atoms with Crippen LogP contribution in [0.3, 0.4) is 0 Å². The summed E-state index contributed by atoms with van der Waals surface area (Å²) in [5, 5.41) is 16.6. The van der Waals surface area contributed by atoms with Gasteiger partial charge >= 0.3 is 0 Å². The molecule has 0 bridgehead atoms. The van der Waals surface area contributed by atoms with Gasteiger partial charge in [-0.3, -0.25) is 10.0 Å². The molecule has 0 radical (unpaired) electrons. The van der Waals surface area contributed by atoms with E-state index < -0.39 is 0 Å². The van der Waals surface area contributed by atoms with E-state index in [0.717, 1.165) is 45.4 Å². The summed E-state index contributed by atoms with van der Waals surface area (Å²) in [5.41, 5.74) is 4.92. The van der Waals surface area contributed by atoms with E-state index in [2.05, 4.69) is 0 Å². The fraction of sp³-hybridized carbons (Fsp3) is 0.273. The van der Waals surface area contributed by atoms with Crippen molar-refractivity contribution in [1.29, 1.82) is 0 Å². The lowest BCUT2D eigenvalue weighted by atomic mass is 9.89. The van der Waals surface area contributed by atoms with Crippen molar-refractivity contribution in [1.82, 2.24) is 14.8 Å². The Morgan fingerprint density at radius 1 is 1.21 bits per heavy atom. The number of amides is 1. The molecule has 1 heterocycles. The highest BCUT2D eigenvalue weighted by Gasteiger charge is 2.31. The van der Waals surface area contributed by atoms with Crippen molar-refractivity contribution in [2.24, 2.45) is 0 Å². The first kappa shape index (κ1) is 19.5. The van der Waals surface area contributed by atoms with E-state index in [9.17, 15) is 10.0 Å². The molecule has 4 rings (SSSR count). The van der Waals surface area contributed by atoms with E-state index in [1.54, 1.807) is 7.11 Å². The fourth-order valence-corrected chi connectivity index (χ4v) is 3.96. The fourth-order valence-electron chi connectivity index (χ4n) is 3.84. The summed E-state index contributed by atoms with van der Waals surface area (Å²) in [6.07, 6.45) is 1.93. The quantitative estimate of drug-likeness (QED) is 0.513. The van der Waals surface area contributed by atoms with E-state index >= 15 is 0 Å². The number of benzene rings is 2. The summed E-state index contributed by atoms with van der Waals surface area (Å²) < 4.78 is 7.16. The Kier molecular flexibility index (Phi) is 5.30. The highest BCUT2D eigenvalue weighted by atomic mass is 35.5. The minimum absolute atomic E-state index is 0.272. The van der Waals surface area contributed by atoms with Crippen molar-refractivity contribution >= 4 is 17.5 Å². The van der Waals surface area contributed by atoms with Crippen LogP contribution in [0.5, 0.6) is 5.75 Å². The van der Waals surface area contributed by atoms with Gasteiger partial charge in [-0.2, -0.15) is 5.10 Å². The number of rotatable bonds is 4. The van der Waals surface area contributed by atoms with Gasteiger partial charge in [0.2, 0.25) is 5.91 Å². The molecule has 150 valence electrons. The van der Waals surface area contributed by atoms with Crippen LogP contribution >= 0.6 is 11.6 Å². The van der Waals surface area contributed by atoms with Gasteiger partial charge in [0.1, 0.15) is 5.75 Å². The first-order valence-electron chi connectivity index (χ1n) is 9.47. The van der Waals surface area contributed by atoms with Crippen LogP contribution in [0.25, 0.3) is 16.9 Å². The molecule has 1 aliphatic carbocycles. The van der Waals surface area contributed by atoms with Gasteiger partial charge in [-0.1, -0.05) is 23.7 Å². The van der Waals surface area contributed by atoms with Crippen molar-refractivity contribution in [3.05, 3.63) is 64.8 Å². The molecule has 1 amide bonds. The molecule has 1 atom stereocenters. The number of aromatic nitrogens is 2. The van der Waals surface area contributed by atoms with Crippen molar-refractivity contribution in [2.45, 2.75) is 32.2 Å². The average molecular weight is 412 g/mol. The Morgan fingerprint density at radius 3 is 2.52 bits per heavy atom. The number of carbonyl (C=O) groups excluding carboxylic acids is 1. The maximum atomic E-state index is 11.7. The highest BCUT2D eigenvalue weighted by molar-refractivity contribution is 6.30. The van der Waals surface area contributed by atoms with E-state index in [4.69, 9.17) is 21.4 Å². The maximum absolute atomic E-state index is 11.7. The number of hydrogen-bond donors (Lipinski definition) is 1. The third-order valence-electron chi connectivity index (χ3n) is 5.35. The molecule has 1 aliphatic rings. The number of hydroxylamine groups is 2. The molecule has 29 heavy (non-hydrogen) atoms. The van der Waals surface area contributed by atoms with Crippen molar-refractivity contribution in [3.63, 3.8) is 0 Å². The van der Waals surface area contributed by atoms with Crippen LogP contribution in [0, 0.1) is 0 Å². The molecule has 1 unspecified atom stereocenters. The highest BCUT2D eigenvalue weighted by Crippen LogP contribution is 2.34. The number of nitrogens with zero attached hydrogens (tertiary/aromatic N) is 3. The Morgan fingerprint density at radius 2 is 1.90 bits per heavy atom. The predicted octanol–water partition coefficient (Wildman–Crippen LogP) is 4.30. The summed E-state index contributed by atoms with van der Waals surface area (Å²) in [5.74, 6) is 0.413. The van der Waals surface area contributed by atoms with Gasteiger partial charge < -0.3 is 4.74 Å². The van der Waals surface area contributed by atoms with Crippen molar-refractivity contribution < 1.29 is 14.7 Å². The topological polar surface area (TPSA) is 67.6 Å². The van der Waals surface area contributed by atoms with Crippen molar-refractivity contribution in [2.75, 3.05) is 7.11 Å². The Bertz CT molecular complexity index is 1030. The largest absolute Gasteiger partial charge is 0.497 e. The first-order chi connectivity index (χ1) is 14.0. The van der Waals surface area contributed by atoms with Crippen LogP contribution in [0.4, 0.5) is 0 Å². The minimum Gasteiger partial charge on any atom is -0.497 e. The second-order valence-electron chi connectivity index (χ2n) is 7.15. The lowest BCUT2D eigenvalue weighted by Gasteiger charge is -2.29. The minimum atomic E-state index is -0.355. The SMILES string of the molecule is COc1ccc(-n2nc(-c3ccc(Cl)cc3)c3c2CC(N(O)C(C)=O)CC3)cc1. The van der Waals surface area contributed by atoms with Crippen LogP contribution in [0.15, 0.2) is 48.5 Å². The second kappa shape index (κ2) is 7.89. The molecule has 7 heteroatoms. The lowest BCUT2D eigenvalue weighted by Crippen LogP contribution is -2.40. The molecule has 6 nitrogen and oxygen atoms in total. The van der Waals surface area contributed by atoms with E-state index in [1.807, 2.05) is 53.2 Å². The normalized spacial score (nSPS) is 15.7. The average Bonchev–Trinajstić information content (AvgIpc) is 3.12. The zero-order valence-corrected chi connectivity index (χ0v) is 17.1. The molecule has 3 aromatic rings. The lowest BCUT2D eigenvalue weighted by molar-refractivity contribution is -0.174. The Hall–Kier alpha value is -2.83. The number of ether oxygens (including phenoxy) is 1. The summed E-state index contributed by atoms with van der Waals surface area (Å²) in [4.78, 5) is 11.7. The number of hydrogen-bond acceptors (Lipinski definition) is 4. The number of methoxy groups -OCH3 is 1. The Labute approximate surface area is 174 Å². The van der Waals surface area contributed by atoms with E-state index in [-0.39, 0.29) is 11.9 Å². The maximum Gasteiger partial charge on any atom is 0.243 e. The Balaban J connectivity index is 1.81. The third-order valence-corrected chi connectivity index (χ3v) is 5.60. The molecule has 0 aliphatic heterocycles. The monoisotopic (exact) mass is 411 g/mol. The van der Waals surface area contributed by atoms with E-state index in [0.29, 0.717) is 17.9 Å². The molecular weight excluding hydrogens is 390 g/mol. The van der Waals surface area contributed by atoms with Crippen LogP contribution in [0.2, 0.25) is 5.02 Å². The second-order valence-corrected chi connectivity index (χ2v) is 7.59. The molecule has 0 spiro atoms. The van der Waals surface area contributed by atoms with Gasteiger partial charge in [-0.25, -0.2) is 9.75 Å². The summed E-state index contributed by atoms with van der Waals surface area (Å²) in [7, 11) is 1.63. The van der Waals surface area contributed by atoms with Crippen LogP contribution in [-0.4, -0.2) is 39.1 Å². The van der Waals surface area contributed by atoms with Crippen LogP contribution < -0.4 is 4.74 Å². The molecule has 0 saturated carbocycles. The summed E-state index contributed by atoms with van der Waals surface area (Å²) in [6, 6.07) is 15.0. The molecule has 0 saturated heterocycles. The number of fused-ring (bicyclic) bond motifs is 1. The zero-order valence-electron chi connectivity index (χ0n) is 16.3. The molecule has 1 N–H and O–H groups in total. The molecule has 2 aromatic carbocycles. The van der Waals surface area contributed by atoms with Gasteiger partial charge in [-0.05, 0) is 49.2 Å². The number of carbonyl (C=O) groups is 1. The van der Waals surface area contributed by atoms with Gasteiger partial charge in [0.15, 0.2) is 0 Å². The number of halogens is 1. The summed E-state index contributed by atoms with van der Waals surface area (Å²) >= 11 is 6.05. The van der Waals surface area contributed by atoms with Crippen LogP contribution in [-0.2, 0) is 17.6 Å².